The molecular weight excluding hydrogens is 344 g/mol. The van der Waals surface area contributed by atoms with Crippen LogP contribution in [0.3, 0.4) is 0 Å². The molecule has 3 rings (SSSR count). The first-order valence-electron chi connectivity index (χ1n) is 7.43. The van der Waals surface area contributed by atoms with E-state index in [-0.39, 0.29) is 10.5 Å². The minimum Gasteiger partial charge on any atom is -0.495 e. The smallest absolute Gasteiger partial charge is 0.266 e. The number of benzene rings is 2. The van der Waals surface area contributed by atoms with Gasteiger partial charge in [-0.3, -0.25) is 9.59 Å². The van der Waals surface area contributed by atoms with Crippen LogP contribution in [-0.2, 0) is 19.6 Å². The molecular formula is C17H16N2O5S. The van der Waals surface area contributed by atoms with E-state index in [1.807, 2.05) is 0 Å². The van der Waals surface area contributed by atoms with Crippen molar-refractivity contribution in [3.63, 3.8) is 0 Å². The largest absolute Gasteiger partial charge is 0.495 e. The average Bonchev–Trinajstić information content (AvgIpc) is 2.61. The molecule has 1 aliphatic rings. The first-order valence-corrected chi connectivity index (χ1v) is 8.87. The van der Waals surface area contributed by atoms with E-state index in [0.717, 1.165) is 7.05 Å². The van der Waals surface area contributed by atoms with Gasteiger partial charge in [-0.2, -0.15) is 0 Å². The topological polar surface area (TPSA) is 92.8 Å². The fourth-order valence-corrected chi connectivity index (χ4v) is 4.11. The lowest BCUT2D eigenvalue weighted by Gasteiger charge is -2.30. The number of amides is 2. The summed E-state index contributed by atoms with van der Waals surface area (Å²) in [5, 5.41) is 2.64. The van der Waals surface area contributed by atoms with Crippen molar-refractivity contribution in [3.05, 3.63) is 54.1 Å². The number of methoxy groups -OCH3 is 1. The number of anilines is 1. The third-order valence-corrected chi connectivity index (χ3v) is 5.88. The molecule has 0 bridgehead atoms. The number of carbonyl (C=O) groups excluding carboxylic acids is 2. The number of nitrogens with zero attached hydrogens (tertiary/aromatic N) is 1. The number of ether oxygens (including phenoxy) is 1. The summed E-state index contributed by atoms with van der Waals surface area (Å²) in [5.41, 5.74) is 0.564. The summed E-state index contributed by atoms with van der Waals surface area (Å²) >= 11 is 0. The van der Waals surface area contributed by atoms with Crippen molar-refractivity contribution in [2.45, 2.75) is 10.8 Å². The Morgan fingerprint density at radius 2 is 1.76 bits per heavy atom. The molecule has 1 N–H and O–H groups in total. The van der Waals surface area contributed by atoms with Gasteiger partial charge in [0.1, 0.15) is 11.7 Å². The van der Waals surface area contributed by atoms with Crippen LogP contribution in [0.5, 0.6) is 5.75 Å². The predicted octanol–water partition coefficient (Wildman–Crippen LogP) is 1.58. The zero-order valence-corrected chi connectivity index (χ0v) is 14.4. The van der Waals surface area contributed by atoms with E-state index < -0.39 is 27.8 Å². The maximum absolute atomic E-state index is 12.8. The van der Waals surface area contributed by atoms with E-state index in [1.54, 1.807) is 36.4 Å². The first kappa shape index (κ1) is 17.0. The number of rotatable bonds is 3. The van der Waals surface area contributed by atoms with Gasteiger partial charge in [-0.05, 0) is 23.8 Å². The van der Waals surface area contributed by atoms with E-state index in [0.29, 0.717) is 15.7 Å². The number of carbonyl (C=O) groups is 2. The molecule has 2 aromatic carbocycles. The molecule has 0 saturated heterocycles. The lowest BCUT2D eigenvalue weighted by atomic mass is 9.96. The number of nitrogens with one attached hydrogen (secondary N) is 1. The number of sulfonamides is 1. The molecule has 1 aliphatic heterocycles. The van der Waals surface area contributed by atoms with Crippen molar-refractivity contribution in [2.24, 2.45) is 0 Å². The van der Waals surface area contributed by atoms with Crippen molar-refractivity contribution >= 4 is 27.5 Å². The van der Waals surface area contributed by atoms with Gasteiger partial charge in [0.2, 0.25) is 5.91 Å². The van der Waals surface area contributed by atoms with E-state index >= 15 is 0 Å². The first-order chi connectivity index (χ1) is 11.9. The van der Waals surface area contributed by atoms with Gasteiger partial charge in [0.15, 0.2) is 0 Å². The summed E-state index contributed by atoms with van der Waals surface area (Å²) < 4.78 is 30.6. The van der Waals surface area contributed by atoms with Crippen molar-refractivity contribution in [3.8, 4) is 5.75 Å². The summed E-state index contributed by atoms with van der Waals surface area (Å²) in [6, 6.07) is 12.8. The predicted molar refractivity (Wildman–Crippen MR) is 90.8 cm³/mol. The van der Waals surface area contributed by atoms with Crippen LogP contribution in [0, 0.1) is 0 Å². The molecule has 1 unspecified atom stereocenters. The maximum atomic E-state index is 12.8. The van der Waals surface area contributed by atoms with Gasteiger partial charge >= 0.3 is 0 Å². The van der Waals surface area contributed by atoms with Crippen molar-refractivity contribution in [1.82, 2.24) is 4.31 Å². The molecule has 0 radical (unpaired) electrons. The molecule has 130 valence electrons. The molecule has 2 amide bonds. The van der Waals surface area contributed by atoms with Crippen LogP contribution in [0.25, 0.3) is 0 Å². The van der Waals surface area contributed by atoms with Gasteiger partial charge in [0.25, 0.3) is 15.9 Å². The lowest BCUT2D eigenvalue weighted by Crippen LogP contribution is -2.45. The highest BCUT2D eigenvalue weighted by molar-refractivity contribution is 7.89. The van der Waals surface area contributed by atoms with Gasteiger partial charge in [-0.15, -0.1) is 0 Å². The second-order valence-electron chi connectivity index (χ2n) is 5.47. The third kappa shape index (κ3) is 2.74. The summed E-state index contributed by atoms with van der Waals surface area (Å²) in [5.74, 6) is -2.24. The van der Waals surface area contributed by atoms with Crippen LogP contribution in [0.2, 0.25) is 0 Å². The molecule has 0 fully saturated rings. The average molecular weight is 360 g/mol. The lowest BCUT2D eigenvalue weighted by molar-refractivity contribution is -0.132. The molecule has 0 aliphatic carbocycles. The number of fused-ring (bicyclic) bond motifs is 1. The van der Waals surface area contributed by atoms with Crippen LogP contribution >= 0.6 is 0 Å². The van der Waals surface area contributed by atoms with Crippen LogP contribution < -0.4 is 10.1 Å². The fourth-order valence-electron chi connectivity index (χ4n) is 2.74. The van der Waals surface area contributed by atoms with Crippen LogP contribution in [0.1, 0.15) is 11.5 Å². The van der Waals surface area contributed by atoms with E-state index in [2.05, 4.69) is 5.32 Å². The second-order valence-corrected chi connectivity index (χ2v) is 7.41. The number of hydrogen-bond donors (Lipinski definition) is 1. The van der Waals surface area contributed by atoms with Gasteiger partial charge in [-0.25, -0.2) is 12.7 Å². The molecule has 8 heteroatoms. The summed E-state index contributed by atoms with van der Waals surface area (Å²) in [6.07, 6.45) is 0. The highest BCUT2D eigenvalue weighted by Gasteiger charge is 2.44. The normalized spacial score (nSPS) is 18.4. The highest BCUT2D eigenvalue weighted by atomic mass is 32.2. The minimum atomic E-state index is -3.94. The van der Waals surface area contributed by atoms with Crippen LogP contribution in [0.15, 0.2) is 53.4 Å². The Morgan fingerprint density at radius 3 is 2.48 bits per heavy atom. The Bertz CT molecular complexity index is 955. The number of para-hydroxylation sites is 2. The Morgan fingerprint density at radius 1 is 1.12 bits per heavy atom. The van der Waals surface area contributed by atoms with E-state index in [9.17, 15) is 18.0 Å². The Labute approximate surface area is 145 Å². The maximum Gasteiger partial charge on any atom is 0.266 e. The zero-order valence-electron chi connectivity index (χ0n) is 13.6. The molecule has 7 nitrogen and oxygen atoms in total. The van der Waals surface area contributed by atoms with E-state index in [4.69, 9.17) is 4.74 Å². The third-order valence-electron chi connectivity index (χ3n) is 4.05. The van der Waals surface area contributed by atoms with Crippen molar-refractivity contribution in [2.75, 3.05) is 19.5 Å². The van der Waals surface area contributed by atoms with Crippen LogP contribution in [0.4, 0.5) is 5.69 Å². The molecule has 0 saturated carbocycles. The minimum absolute atomic E-state index is 0.0442. The summed E-state index contributed by atoms with van der Waals surface area (Å²) in [6.45, 7) is 0. The molecule has 25 heavy (non-hydrogen) atoms. The Hall–Kier alpha value is -2.87. The van der Waals surface area contributed by atoms with Crippen molar-refractivity contribution in [1.29, 1.82) is 0 Å². The van der Waals surface area contributed by atoms with E-state index in [1.165, 1.54) is 19.2 Å². The van der Waals surface area contributed by atoms with Crippen molar-refractivity contribution < 1.29 is 22.7 Å². The Kier molecular flexibility index (Phi) is 4.22. The zero-order chi connectivity index (χ0) is 18.2. The second kappa shape index (κ2) is 6.21. The molecule has 0 aromatic heterocycles. The molecule has 2 aromatic rings. The van der Waals surface area contributed by atoms with Gasteiger partial charge < -0.3 is 10.1 Å². The molecule has 1 heterocycles. The van der Waals surface area contributed by atoms with Gasteiger partial charge in [-0.1, -0.05) is 30.3 Å². The summed E-state index contributed by atoms with van der Waals surface area (Å²) in [7, 11) is -1.33. The van der Waals surface area contributed by atoms with Gasteiger partial charge in [0.05, 0.1) is 17.7 Å². The number of hydrogen-bond acceptors (Lipinski definition) is 5. The molecule has 1 atom stereocenters. The summed E-state index contributed by atoms with van der Waals surface area (Å²) in [4.78, 5) is 25.3. The van der Waals surface area contributed by atoms with Gasteiger partial charge in [0, 0.05) is 7.05 Å². The monoisotopic (exact) mass is 360 g/mol. The SMILES string of the molecule is COc1ccccc1NC(=O)C1C(=O)N(C)S(=O)(=O)c2ccccc21. The van der Waals surface area contributed by atoms with Crippen LogP contribution in [-0.4, -0.2) is 38.7 Å². The highest BCUT2D eigenvalue weighted by Crippen LogP contribution is 2.35. The fraction of sp³-hybridized carbons (Fsp3) is 0.176. The number of likely N-dealkylation sites (N-methyl/N-ethyl adjacent to an activating group) is 1. The standard InChI is InChI=1S/C17H16N2O5S/c1-19-17(21)15(11-7-3-6-10-14(11)25(19,22)23)16(20)18-12-8-4-5-9-13(12)24-2/h3-10,15H,1-2H3,(H,18,20). The molecule has 0 spiro atoms. The Balaban J connectivity index is 2.04. The quantitative estimate of drug-likeness (QED) is 0.839.